The number of thiophene rings is 1. The number of amides is 1. The second kappa shape index (κ2) is 5.54. The van der Waals surface area contributed by atoms with E-state index in [1.807, 2.05) is 0 Å². The Kier molecular flexibility index (Phi) is 3.76. The molecule has 3 rings (SSSR count). The predicted octanol–water partition coefficient (Wildman–Crippen LogP) is 4.17. The second-order valence-electron chi connectivity index (χ2n) is 4.92. The lowest BCUT2D eigenvalue weighted by atomic mass is 10.0. The van der Waals surface area contributed by atoms with Crippen molar-refractivity contribution in [2.24, 2.45) is 0 Å². The third-order valence-corrected chi connectivity index (χ3v) is 4.67. The minimum atomic E-state index is -0.427. The molecule has 20 heavy (non-hydrogen) atoms. The molecule has 0 saturated carbocycles. The van der Waals surface area contributed by atoms with E-state index in [0.29, 0.717) is 24.6 Å². The molecule has 0 aliphatic carbocycles. The van der Waals surface area contributed by atoms with Crippen LogP contribution in [-0.4, -0.2) is 23.9 Å². The van der Waals surface area contributed by atoms with E-state index in [1.54, 1.807) is 16.2 Å². The highest BCUT2D eigenvalue weighted by Crippen LogP contribution is 2.30. The van der Waals surface area contributed by atoms with Crippen molar-refractivity contribution in [2.45, 2.75) is 12.3 Å². The van der Waals surface area contributed by atoms with E-state index < -0.39 is 5.82 Å². The van der Waals surface area contributed by atoms with Gasteiger partial charge in [-0.25, -0.2) is 4.39 Å². The summed E-state index contributed by atoms with van der Waals surface area (Å²) >= 11 is 7.62. The minimum Gasteiger partial charge on any atom is -0.338 e. The summed E-state index contributed by atoms with van der Waals surface area (Å²) in [4.78, 5) is 14.2. The first-order valence-corrected chi connectivity index (χ1v) is 7.73. The van der Waals surface area contributed by atoms with Gasteiger partial charge in [-0.05, 0) is 47.0 Å². The van der Waals surface area contributed by atoms with E-state index in [9.17, 15) is 9.18 Å². The van der Waals surface area contributed by atoms with Crippen molar-refractivity contribution in [1.82, 2.24) is 4.90 Å². The van der Waals surface area contributed by atoms with Crippen LogP contribution < -0.4 is 0 Å². The Morgan fingerprint density at radius 3 is 2.95 bits per heavy atom. The van der Waals surface area contributed by atoms with Gasteiger partial charge in [0.25, 0.3) is 5.91 Å². The average molecular weight is 310 g/mol. The number of carbonyl (C=O) groups excluding carboxylic acids is 1. The summed E-state index contributed by atoms with van der Waals surface area (Å²) in [5, 5.41) is 4.36. The second-order valence-corrected chi connectivity index (χ2v) is 6.10. The molecular weight excluding hydrogens is 297 g/mol. The molecule has 1 fully saturated rings. The Labute approximate surface area is 125 Å². The normalized spacial score (nSPS) is 18.5. The van der Waals surface area contributed by atoms with Crippen LogP contribution in [0.15, 0.2) is 35.0 Å². The van der Waals surface area contributed by atoms with Gasteiger partial charge in [0.2, 0.25) is 0 Å². The first-order chi connectivity index (χ1) is 9.65. The van der Waals surface area contributed by atoms with E-state index in [0.717, 1.165) is 6.42 Å². The number of halogens is 2. The van der Waals surface area contributed by atoms with Crippen LogP contribution in [0.4, 0.5) is 4.39 Å². The van der Waals surface area contributed by atoms with Crippen molar-refractivity contribution in [3.63, 3.8) is 0 Å². The maximum atomic E-state index is 13.0. The topological polar surface area (TPSA) is 20.3 Å². The third kappa shape index (κ3) is 2.58. The molecule has 0 unspecified atom stereocenters. The zero-order chi connectivity index (χ0) is 14.1. The van der Waals surface area contributed by atoms with Gasteiger partial charge in [-0.1, -0.05) is 11.6 Å². The number of carbonyl (C=O) groups is 1. The molecular formula is C15H13ClFNOS. The molecule has 1 aromatic heterocycles. The molecule has 1 aliphatic rings. The molecule has 2 aromatic rings. The standard InChI is InChI=1S/C15H13ClFNOS/c16-14-7-12(17)1-2-13(14)15(19)18-5-3-10(8-18)11-4-6-20-9-11/h1-2,4,6-7,9-10H,3,5,8H2/t10-/m0/s1. The Morgan fingerprint density at radius 1 is 1.40 bits per heavy atom. The van der Waals surface area contributed by atoms with Gasteiger partial charge >= 0.3 is 0 Å². The maximum absolute atomic E-state index is 13.0. The number of hydrogen-bond acceptors (Lipinski definition) is 2. The van der Waals surface area contributed by atoms with E-state index in [4.69, 9.17) is 11.6 Å². The molecule has 5 heteroatoms. The number of hydrogen-bond donors (Lipinski definition) is 0. The highest BCUT2D eigenvalue weighted by molar-refractivity contribution is 7.08. The molecule has 2 nitrogen and oxygen atoms in total. The van der Waals surface area contributed by atoms with Crippen LogP contribution >= 0.6 is 22.9 Å². The van der Waals surface area contributed by atoms with Gasteiger partial charge in [-0.3, -0.25) is 4.79 Å². The van der Waals surface area contributed by atoms with Crippen LogP contribution in [0.1, 0.15) is 28.3 Å². The number of benzene rings is 1. The summed E-state index contributed by atoms with van der Waals surface area (Å²) in [6.07, 6.45) is 0.960. The van der Waals surface area contributed by atoms with Crippen molar-refractivity contribution in [2.75, 3.05) is 13.1 Å². The quantitative estimate of drug-likeness (QED) is 0.815. The van der Waals surface area contributed by atoms with Crippen LogP contribution in [0.5, 0.6) is 0 Å². The van der Waals surface area contributed by atoms with Gasteiger partial charge in [0, 0.05) is 19.0 Å². The molecule has 1 amide bonds. The van der Waals surface area contributed by atoms with Crippen LogP contribution in [-0.2, 0) is 0 Å². The maximum Gasteiger partial charge on any atom is 0.255 e. The summed E-state index contributed by atoms with van der Waals surface area (Å²) in [6.45, 7) is 1.41. The highest BCUT2D eigenvalue weighted by atomic mass is 35.5. The van der Waals surface area contributed by atoms with Gasteiger partial charge in [0.05, 0.1) is 10.6 Å². The average Bonchev–Trinajstić information content (AvgIpc) is 3.09. The highest BCUT2D eigenvalue weighted by Gasteiger charge is 2.29. The summed E-state index contributed by atoms with van der Waals surface area (Å²) in [5.74, 6) is -0.152. The van der Waals surface area contributed by atoms with Crippen molar-refractivity contribution < 1.29 is 9.18 Å². The van der Waals surface area contributed by atoms with Crippen LogP contribution in [0.2, 0.25) is 5.02 Å². The van der Waals surface area contributed by atoms with Crippen LogP contribution in [0.3, 0.4) is 0 Å². The smallest absolute Gasteiger partial charge is 0.255 e. The Hall–Kier alpha value is -1.39. The Balaban J connectivity index is 1.76. The summed E-state index contributed by atoms with van der Waals surface area (Å²) in [7, 11) is 0. The van der Waals surface area contributed by atoms with Gasteiger partial charge < -0.3 is 4.90 Å². The molecule has 0 spiro atoms. The molecule has 0 bridgehead atoms. The lowest BCUT2D eigenvalue weighted by Crippen LogP contribution is -2.28. The first-order valence-electron chi connectivity index (χ1n) is 6.41. The molecule has 0 radical (unpaired) electrons. The minimum absolute atomic E-state index is 0.118. The zero-order valence-corrected chi connectivity index (χ0v) is 12.3. The van der Waals surface area contributed by atoms with Gasteiger partial charge in [-0.2, -0.15) is 11.3 Å². The zero-order valence-electron chi connectivity index (χ0n) is 10.7. The number of nitrogens with zero attached hydrogens (tertiary/aromatic N) is 1. The Bertz CT molecular complexity index is 629. The van der Waals surface area contributed by atoms with Crippen molar-refractivity contribution in [1.29, 1.82) is 0 Å². The predicted molar refractivity (Wildman–Crippen MR) is 79.0 cm³/mol. The van der Waals surface area contributed by atoms with Gasteiger partial charge in [0.15, 0.2) is 0 Å². The molecule has 1 aromatic carbocycles. The van der Waals surface area contributed by atoms with E-state index >= 15 is 0 Å². The van der Waals surface area contributed by atoms with E-state index in [1.165, 1.54) is 23.8 Å². The molecule has 1 saturated heterocycles. The van der Waals surface area contributed by atoms with Crippen molar-refractivity contribution in [3.05, 3.63) is 57.0 Å². The largest absolute Gasteiger partial charge is 0.338 e. The third-order valence-electron chi connectivity index (χ3n) is 3.65. The fraction of sp³-hybridized carbons (Fsp3) is 0.267. The molecule has 104 valence electrons. The van der Waals surface area contributed by atoms with Crippen molar-refractivity contribution >= 4 is 28.8 Å². The molecule has 0 N–H and O–H groups in total. The lowest BCUT2D eigenvalue weighted by molar-refractivity contribution is 0.0791. The Morgan fingerprint density at radius 2 is 2.25 bits per heavy atom. The summed E-state index contributed by atoms with van der Waals surface area (Å²) < 4.78 is 13.0. The van der Waals surface area contributed by atoms with E-state index in [-0.39, 0.29) is 10.9 Å². The summed E-state index contributed by atoms with van der Waals surface area (Å²) in [6, 6.07) is 6.01. The van der Waals surface area contributed by atoms with Gasteiger partial charge in [0.1, 0.15) is 5.82 Å². The lowest BCUT2D eigenvalue weighted by Gasteiger charge is -2.17. The number of rotatable bonds is 2. The molecule has 1 aliphatic heterocycles. The fourth-order valence-corrected chi connectivity index (χ4v) is 3.55. The summed E-state index contributed by atoms with van der Waals surface area (Å²) in [5.41, 5.74) is 1.66. The monoisotopic (exact) mass is 309 g/mol. The van der Waals surface area contributed by atoms with Gasteiger partial charge in [-0.15, -0.1) is 0 Å². The van der Waals surface area contributed by atoms with Crippen molar-refractivity contribution in [3.8, 4) is 0 Å². The van der Waals surface area contributed by atoms with Crippen LogP contribution in [0, 0.1) is 5.82 Å². The molecule has 1 atom stereocenters. The van der Waals surface area contributed by atoms with E-state index in [2.05, 4.69) is 16.8 Å². The van der Waals surface area contributed by atoms with Crippen LogP contribution in [0.25, 0.3) is 0 Å². The molecule has 2 heterocycles. The number of likely N-dealkylation sites (tertiary alicyclic amines) is 1. The first kappa shape index (κ1) is 13.6. The fourth-order valence-electron chi connectivity index (χ4n) is 2.56. The SMILES string of the molecule is O=C(c1ccc(F)cc1Cl)N1CC[C@H](c2ccsc2)C1.